The van der Waals surface area contributed by atoms with Gasteiger partial charge in [0.05, 0.1) is 0 Å². The van der Waals surface area contributed by atoms with Gasteiger partial charge in [-0.15, -0.1) is 0 Å². The van der Waals surface area contributed by atoms with Gasteiger partial charge in [0.25, 0.3) is 0 Å². The van der Waals surface area contributed by atoms with Crippen molar-refractivity contribution in [3.63, 3.8) is 0 Å². The van der Waals surface area contributed by atoms with Gasteiger partial charge < -0.3 is 14.2 Å². The molecule has 6 nitrogen and oxygen atoms in total. The molecule has 0 saturated heterocycles. The van der Waals surface area contributed by atoms with E-state index >= 15 is 0 Å². The molecule has 0 unspecified atom stereocenters. The summed E-state index contributed by atoms with van der Waals surface area (Å²) >= 11 is 0. The van der Waals surface area contributed by atoms with E-state index in [0.717, 1.165) is 57.8 Å². The average molecular weight is 885 g/mol. The molecule has 0 atom stereocenters. The largest absolute Gasteiger partial charge is 0.462 e. The zero-order valence-corrected chi connectivity index (χ0v) is 42.1. The fourth-order valence-electron chi connectivity index (χ4n) is 7.90. The highest BCUT2D eigenvalue weighted by atomic mass is 16.6. The van der Waals surface area contributed by atoms with E-state index in [9.17, 15) is 14.4 Å². The Balaban J connectivity index is 4.37. The molecule has 0 aromatic carbocycles. The minimum Gasteiger partial charge on any atom is -0.462 e. The summed E-state index contributed by atoms with van der Waals surface area (Å²) in [6.07, 6.45) is 61.2. The summed E-state index contributed by atoms with van der Waals surface area (Å²) in [5, 5.41) is 0. The Hall–Kier alpha value is -2.37. The molecule has 368 valence electrons. The van der Waals surface area contributed by atoms with Gasteiger partial charge in [-0.25, -0.2) is 0 Å². The first-order valence-corrected chi connectivity index (χ1v) is 27.5. The second-order valence-electron chi connectivity index (χ2n) is 18.5. The Morgan fingerprint density at radius 3 is 0.794 bits per heavy atom. The monoisotopic (exact) mass is 885 g/mol. The lowest BCUT2D eigenvalue weighted by molar-refractivity contribution is -0.167. The second-order valence-corrected chi connectivity index (χ2v) is 18.5. The normalized spacial score (nSPS) is 11.8. The summed E-state index contributed by atoms with van der Waals surface area (Å²) in [5.74, 6) is -0.876. The van der Waals surface area contributed by atoms with E-state index in [0.29, 0.717) is 19.3 Å². The number of ether oxygens (including phenoxy) is 3. The van der Waals surface area contributed by atoms with Crippen molar-refractivity contribution in [2.45, 2.75) is 297 Å². The topological polar surface area (TPSA) is 78.9 Å². The molecule has 0 aliphatic heterocycles. The van der Waals surface area contributed by atoms with E-state index in [1.165, 1.54) is 193 Å². The molecule has 0 N–H and O–H groups in total. The molecule has 6 heteroatoms. The lowest BCUT2D eigenvalue weighted by Gasteiger charge is -2.18. The fourth-order valence-corrected chi connectivity index (χ4v) is 7.90. The molecule has 0 bridgehead atoms. The second kappa shape index (κ2) is 52.3. The van der Waals surface area contributed by atoms with Gasteiger partial charge in [0.1, 0.15) is 13.2 Å². The van der Waals surface area contributed by atoms with E-state index in [4.69, 9.17) is 14.2 Å². The highest BCUT2D eigenvalue weighted by Gasteiger charge is 2.19. The number of esters is 3. The lowest BCUT2D eigenvalue weighted by atomic mass is 10.1. The number of hydrogen-bond acceptors (Lipinski definition) is 6. The molecule has 0 aromatic heterocycles. The first kappa shape index (κ1) is 60.6. The van der Waals surface area contributed by atoms with Gasteiger partial charge in [0, 0.05) is 19.3 Å². The highest BCUT2D eigenvalue weighted by molar-refractivity contribution is 5.71. The molecular formula is C57H104O6. The van der Waals surface area contributed by atoms with Gasteiger partial charge in [-0.3, -0.25) is 14.4 Å². The van der Waals surface area contributed by atoms with Crippen molar-refractivity contribution in [1.29, 1.82) is 0 Å². The van der Waals surface area contributed by atoms with Gasteiger partial charge in [0.2, 0.25) is 0 Å². The molecule has 0 aliphatic carbocycles. The molecule has 0 aromatic rings. The van der Waals surface area contributed by atoms with E-state index in [2.05, 4.69) is 57.2 Å². The molecule has 0 saturated carbocycles. The molecule has 63 heavy (non-hydrogen) atoms. The van der Waals surface area contributed by atoms with Crippen LogP contribution in [0.5, 0.6) is 0 Å². The van der Waals surface area contributed by atoms with Gasteiger partial charge in [-0.1, -0.05) is 211 Å². The number of rotatable bonds is 50. The van der Waals surface area contributed by atoms with Gasteiger partial charge in [0.15, 0.2) is 6.10 Å². The van der Waals surface area contributed by atoms with Crippen molar-refractivity contribution in [3.8, 4) is 0 Å². The minimum absolute atomic E-state index is 0.0756. The number of hydrogen-bond donors (Lipinski definition) is 0. The van der Waals surface area contributed by atoms with Crippen molar-refractivity contribution in [2.75, 3.05) is 13.2 Å². The highest BCUT2D eigenvalue weighted by Crippen LogP contribution is 2.15. The van der Waals surface area contributed by atoms with Crippen LogP contribution in [-0.2, 0) is 28.6 Å². The van der Waals surface area contributed by atoms with Crippen molar-refractivity contribution in [3.05, 3.63) is 36.5 Å². The zero-order chi connectivity index (χ0) is 45.8. The van der Waals surface area contributed by atoms with Gasteiger partial charge >= 0.3 is 17.9 Å². The van der Waals surface area contributed by atoms with E-state index < -0.39 is 6.10 Å². The summed E-state index contributed by atoms with van der Waals surface area (Å²) in [6, 6.07) is 0. The molecule has 0 heterocycles. The standard InChI is InChI=1S/C57H104O6/c1-4-7-10-13-16-19-22-25-28-31-34-37-40-43-46-49-55(58)61-52-54(63-57(60)51-48-45-42-39-36-33-30-27-24-21-18-15-12-9-6-3)53-62-56(59)50-47-44-41-38-35-32-29-26-23-20-17-14-11-8-5-2/h19-24,54H,4-18,25-53H2,1-3H3/b22-19-,23-20-,24-21-. The van der Waals surface area contributed by atoms with E-state index in [1.54, 1.807) is 0 Å². The summed E-state index contributed by atoms with van der Waals surface area (Å²) in [7, 11) is 0. The summed E-state index contributed by atoms with van der Waals surface area (Å²) < 4.78 is 16.8. The first-order valence-electron chi connectivity index (χ1n) is 27.5. The van der Waals surface area contributed by atoms with Crippen LogP contribution in [0.2, 0.25) is 0 Å². The maximum absolute atomic E-state index is 12.8. The third kappa shape index (κ3) is 50.5. The predicted octanol–water partition coefficient (Wildman–Crippen LogP) is 18.1. The van der Waals surface area contributed by atoms with Crippen LogP contribution in [0.4, 0.5) is 0 Å². The van der Waals surface area contributed by atoms with Gasteiger partial charge in [-0.05, 0) is 96.3 Å². The Morgan fingerprint density at radius 2 is 0.524 bits per heavy atom. The van der Waals surface area contributed by atoms with Crippen LogP contribution in [-0.4, -0.2) is 37.2 Å². The molecule has 0 amide bonds. The van der Waals surface area contributed by atoms with Gasteiger partial charge in [-0.2, -0.15) is 0 Å². The summed E-state index contributed by atoms with van der Waals surface area (Å²) in [4.78, 5) is 38.1. The van der Waals surface area contributed by atoms with Crippen molar-refractivity contribution in [2.24, 2.45) is 0 Å². The molecule has 0 fully saturated rings. The van der Waals surface area contributed by atoms with Crippen LogP contribution in [0.1, 0.15) is 290 Å². The maximum atomic E-state index is 12.8. The quantitative estimate of drug-likeness (QED) is 0.0262. The fraction of sp³-hybridized carbons (Fsp3) is 0.842. The van der Waals surface area contributed by atoms with Crippen LogP contribution in [0.15, 0.2) is 36.5 Å². The predicted molar refractivity (Wildman–Crippen MR) is 270 cm³/mol. The van der Waals surface area contributed by atoms with Crippen molar-refractivity contribution < 1.29 is 28.6 Å². The van der Waals surface area contributed by atoms with Crippen LogP contribution in [0.3, 0.4) is 0 Å². The number of carbonyl (C=O) groups excluding carboxylic acids is 3. The Morgan fingerprint density at radius 1 is 0.302 bits per heavy atom. The molecule has 0 rings (SSSR count). The number of carbonyl (C=O) groups is 3. The van der Waals surface area contributed by atoms with Crippen LogP contribution >= 0.6 is 0 Å². The molecule has 0 spiro atoms. The summed E-state index contributed by atoms with van der Waals surface area (Å²) in [5.41, 5.74) is 0. The van der Waals surface area contributed by atoms with Crippen LogP contribution in [0.25, 0.3) is 0 Å². The number of unbranched alkanes of at least 4 members (excludes halogenated alkanes) is 33. The van der Waals surface area contributed by atoms with Crippen LogP contribution in [0, 0.1) is 0 Å². The molecular weight excluding hydrogens is 781 g/mol. The van der Waals surface area contributed by atoms with E-state index in [-0.39, 0.29) is 31.1 Å². The Labute approximate surface area is 391 Å². The summed E-state index contributed by atoms with van der Waals surface area (Å²) in [6.45, 7) is 6.62. The SMILES string of the molecule is CCCCCC/C=C\CCCCCCCCCC(=O)OCC(COC(=O)CCCCCCCCC/C=C\CCCCCC)OC(=O)CCCCCCCCC/C=C\CCCCCC. The van der Waals surface area contributed by atoms with Crippen molar-refractivity contribution >= 4 is 17.9 Å². The maximum Gasteiger partial charge on any atom is 0.306 e. The number of allylic oxidation sites excluding steroid dienone is 6. The average Bonchev–Trinajstić information content (AvgIpc) is 3.28. The minimum atomic E-state index is -0.775. The smallest absolute Gasteiger partial charge is 0.306 e. The first-order chi connectivity index (χ1) is 31.0. The third-order valence-corrected chi connectivity index (χ3v) is 12.1. The molecule has 0 aliphatic rings. The zero-order valence-electron chi connectivity index (χ0n) is 42.1. The lowest BCUT2D eigenvalue weighted by Crippen LogP contribution is -2.30. The van der Waals surface area contributed by atoms with E-state index in [1.807, 2.05) is 0 Å². The third-order valence-electron chi connectivity index (χ3n) is 12.1. The van der Waals surface area contributed by atoms with Crippen LogP contribution < -0.4 is 0 Å². The molecule has 0 radical (unpaired) electrons. The van der Waals surface area contributed by atoms with Crippen molar-refractivity contribution in [1.82, 2.24) is 0 Å². The Kier molecular flexibility index (Phi) is 50.3. The Bertz CT molecular complexity index is 1010.